The van der Waals surface area contributed by atoms with E-state index in [9.17, 15) is 29.4 Å². The van der Waals surface area contributed by atoms with Gasteiger partial charge in [-0.05, 0) is 53.7 Å². The Morgan fingerprint density at radius 2 is 0.923 bits per heavy atom. The standard InChI is InChI=1S/C18H22O8/c1-17(2,3)25-15(23)11-7-10(14(21)22)12(8-9(11)13(19)20)16(24)26-18(4,5)6/h7-8H,1-6H3,(H,19,20)(H,21,22). The summed E-state index contributed by atoms with van der Waals surface area (Å²) >= 11 is 0. The number of carbonyl (C=O) groups is 4. The van der Waals surface area contributed by atoms with E-state index >= 15 is 0 Å². The van der Waals surface area contributed by atoms with Crippen LogP contribution in [0.15, 0.2) is 12.1 Å². The molecule has 2 N–H and O–H groups in total. The van der Waals surface area contributed by atoms with Crippen molar-refractivity contribution in [3.05, 3.63) is 34.4 Å². The molecular weight excluding hydrogens is 344 g/mol. The summed E-state index contributed by atoms with van der Waals surface area (Å²) in [6.07, 6.45) is 0. The Hall–Kier alpha value is -2.90. The van der Waals surface area contributed by atoms with Crippen LogP contribution in [0.1, 0.15) is 83.0 Å². The summed E-state index contributed by atoms with van der Waals surface area (Å²) in [5.41, 5.74) is -3.86. The molecule has 0 saturated carbocycles. The fourth-order valence-corrected chi connectivity index (χ4v) is 1.96. The van der Waals surface area contributed by atoms with Crippen LogP contribution in [-0.4, -0.2) is 45.3 Å². The molecule has 0 aliphatic carbocycles. The molecule has 8 heteroatoms. The molecule has 0 saturated heterocycles. The zero-order valence-electron chi connectivity index (χ0n) is 15.5. The van der Waals surface area contributed by atoms with Crippen LogP contribution < -0.4 is 0 Å². The largest absolute Gasteiger partial charge is 0.478 e. The molecule has 0 bridgehead atoms. The maximum atomic E-state index is 12.3. The van der Waals surface area contributed by atoms with Crippen molar-refractivity contribution in [2.45, 2.75) is 52.7 Å². The Morgan fingerprint density at radius 3 is 1.12 bits per heavy atom. The minimum absolute atomic E-state index is 0.461. The average Bonchev–Trinajstić information content (AvgIpc) is 2.41. The Labute approximate surface area is 150 Å². The number of carbonyl (C=O) groups excluding carboxylic acids is 2. The predicted molar refractivity (Wildman–Crippen MR) is 90.7 cm³/mol. The van der Waals surface area contributed by atoms with Gasteiger partial charge in [-0.1, -0.05) is 0 Å². The van der Waals surface area contributed by atoms with Gasteiger partial charge in [-0.3, -0.25) is 0 Å². The zero-order chi connectivity index (χ0) is 20.4. The first kappa shape index (κ1) is 21.1. The number of benzene rings is 1. The van der Waals surface area contributed by atoms with Crippen LogP contribution in [-0.2, 0) is 9.47 Å². The van der Waals surface area contributed by atoms with Gasteiger partial charge in [-0.25, -0.2) is 19.2 Å². The van der Waals surface area contributed by atoms with Crippen molar-refractivity contribution in [3.63, 3.8) is 0 Å². The van der Waals surface area contributed by atoms with E-state index in [4.69, 9.17) is 9.47 Å². The molecule has 0 amide bonds. The lowest BCUT2D eigenvalue weighted by molar-refractivity contribution is 0.00483. The van der Waals surface area contributed by atoms with Gasteiger partial charge in [0.25, 0.3) is 0 Å². The quantitative estimate of drug-likeness (QED) is 0.779. The van der Waals surface area contributed by atoms with E-state index in [1.54, 1.807) is 41.5 Å². The number of rotatable bonds is 4. The molecule has 142 valence electrons. The smallest absolute Gasteiger partial charge is 0.339 e. The molecule has 0 aliphatic heterocycles. The van der Waals surface area contributed by atoms with Gasteiger partial charge in [0.2, 0.25) is 0 Å². The highest BCUT2D eigenvalue weighted by molar-refractivity contribution is 6.09. The minimum Gasteiger partial charge on any atom is -0.478 e. The van der Waals surface area contributed by atoms with Gasteiger partial charge in [0.1, 0.15) is 11.2 Å². The van der Waals surface area contributed by atoms with Crippen molar-refractivity contribution in [2.24, 2.45) is 0 Å². The summed E-state index contributed by atoms with van der Waals surface area (Å²) in [5, 5.41) is 18.7. The average molecular weight is 366 g/mol. The molecule has 0 spiro atoms. The second-order valence-corrected chi connectivity index (χ2v) is 7.56. The molecule has 0 fully saturated rings. The van der Waals surface area contributed by atoms with Crippen LogP contribution in [0.2, 0.25) is 0 Å². The highest BCUT2D eigenvalue weighted by Crippen LogP contribution is 2.23. The Bertz CT molecular complexity index is 697. The maximum absolute atomic E-state index is 12.3. The highest BCUT2D eigenvalue weighted by atomic mass is 16.6. The van der Waals surface area contributed by atoms with Crippen LogP contribution in [0.4, 0.5) is 0 Å². The van der Waals surface area contributed by atoms with E-state index in [2.05, 4.69) is 0 Å². The lowest BCUT2D eigenvalue weighted by atomic mass is 9.97. The van der Waals surface area contributed by atoms with Gasteiger partial charge in [-0.15, -0.1) is 0 Å². The molecule has 1 aromatic rings. The van der Waals surface area contributed by atoms with E-state index in [0.717, 1.165) is 12.1 Å². The summed E-state index contributed by atoms with van der Waals surface area (Å²) in [5.74, 6) is -5.03. The molecule has 0 atom stereocenters. The third kappa shape index (κ3) is 5.58. The lowest BCUT2D eigenvalue weighted by Gasteiger charge is -2.22. The van der Waals surface area contributed by atoms with Crippen molar-refractivity contribution >= 4 is 23.9 Å². The first-order chi connectivity index (χ1) is 11.6. The molecule has 8 nitrogen and oxygen atoms in total. The summed E-state index contributed by atoms with van der Waals surface area (Å²) in [6.45, 7) is 9.49. The molecular formula is C18H22O8. The third-order valence-electron chi connectivity index (χ3n) is 2.86. The molecule has 1 aromatic carbocycles. The predicted octanol–water partition coefficient (Wildman–Crippen LogP) is 2.99. The molecule has 1 rings (SSSR count). The number of carboxylic acids is 2. The molecule has 0 heterocycles. The van der Waals surface area contributed by atoms with Crippen LogP contribution >= 0.6 is 0 Å². The second kappa shape index (κ2) is 7.15. The van der Waals surface area contributed by atoms with Gasteiger partial charge in [0, 0.05) is 0 Å². The molecule has 0 aliphatic rings. The third-order valence-corrected chi connectivity index (χ3v) is 2.86. The van der Waals surface area contributed by atoms with E-state index in [1.807, 2.05) is 0 Å². The zero-order valence-corrected chi connectivity index (χ0v) is 15.5. The molecule has 26 heavy (non-hydrogen) atoms. The maximum Gasteiger partial charge on any atom is 0.339 e. The Balaban J connectivity index is 3.59. The van der Waals surface area contributed by atoms with Crippen LogP contribution in [0, 0.1) is 0 Å². The van der Waals surface area contributed by atoms with Gasteiger partial charge in [0.05, 0.1) is 22.3 Å². The fourth-order valence-electron chi connectivity index (χ4n) is 1.96. The number of hydrogen-bond donors (Lipinski definition) is 2. The number of hydrogen-bond acceptors (Lipinski definition) is 6. The second-order valence-electron chi connectivity index (χ2n) is 7.56. The summed E-state index contributed by atoms with van der Waals surface area (Å²) in [7, 11) is 0. The number of aromatic carboxylic acids is 2. The van der Waals surface area contributed by atoms with Crippen molar-refractivity contribution in [1.29, 1.82) is 0 Å². The summed E-state index contributed by atoms with van der Waals surface area (Å²) in [6, 6.07) is 1.64. The van der Waals surface area contributed by atoms with Crippen LogP contribution in [0.25, 0.3) is 0 Å². The summed E-state index contributed by atoms with van der Waals surface area (Å²) < 4.78 is 10.2. The van der Waals surface area contributed by atoms with Crippen LogP contribution in [0.5, 0.6) is 0 Å². The number of carboxylic acid groups (broad SMARTS) is 2. The Morgan fingerprint density at radius 1 is 0.654 bits per heavy atom. The van der Waals surface area contributed by atoms with Gasteiger partial charge < -0.3 is 19.7 Å². The SMILES string of the molecule is CC(C)(C)OC(=O)c1cc(C(=O)O)c(C(=O)OC(C)(C)C)cc1C(=O)O. The van der Waals surface area contributed by atoms with E-state index < -0.39 is 57.3 Å². The summed E-state index contributed by atoms with van der Waals surface area (Å²) in [4.78, 5) is 47.6. The van der Waals surface area contributed by atoms with E-state index in [0.29, 0.717) is 0 Å². The monoisotopic (exact) mass is 366 g/mol. The number of esters is 2. The van der Waals surface area contributed by atoms with Crippen molar-refractivity contribution in [2.75, 3.05) is 0 Å². The van der Waals surface area contributed by atoms with Gasteiger partial charge in [-0.2, -0.15) is 0 Å². The number of ether oxygens (including phenoxy) is 2. The first-order valence-electron chi connectivity index (χ1n) is 7.73. The van der Waals surface area contributed by atoms with Crippen molar-refractivity contribution in [3.8, 4) is 0 Å². The lowest BCUT2D eigenvalue weighted by Crippen LogP contribution is -2.27. The first-order valence-corrected chi connectivity index (χ1v) is 7.73. The fraction of sp³-hybridized carbons (Fsp3) is 0.444. The molecule has 0 aromatic heterocycles. The minimum atomic E-state index is -1.51. The van der Waals surface area contributed by atoms with E-state index in [1.165, 1.54) is 0 Å². The van der Waals surface area contributed by atoms with Crippen molar-refractivity contribution in [1.82, 2.24) is 0 Å². The molecule has 0 unspecified atom stereocenters. The highest BCUT2D eigenvalue weighted by Gasteiger charge is 2.30. The topological polar surface area (TPSA) is 127 Å². The van der Waals surface area contributed by atoms with Crippen molar-refractivity contribution < 1.29 is 38.9 Å². The normalized spacial score (nSPS) is 11.6. The van der Waals surface area contributed by atoms with Crippen LogP contribution in [0.3, 0.4) is 0 Å². The van der Waals surface area contributed by atoms with Gasteiger partial charge >= 0.3 is 23.9 Å². The van der Waals surface area contributed by atoms with Gasteiger partial charge in [0.15, 0.2) is 0 Å². The van der Waals surface area contributed by atoms with E-state index in [-0.39, 0.29) is 0 Å². The Kier molecular flexibility index (Phi) is 5.81. The molecule has 0 radical (unpaired) electrons.